The van der Waals surface area contributed by atoms with Crippen LogP contribution in [-0.2, 0) is 22.6 Å². The number of para-hydroxylation sites is 2. The van der Waals surface area contributed by atoms with Crippen LogP contribution in [0.15, 0.2) is 48.5 Å². The largest absolute Gasteiger partial charge is 0.342 e. The van der Waals surface area contributed by atoms with Crippen molar-refractivity contribution >= 4 is 28.5 Å². The van der Waals surface area contributed by atoms with Crippen molar-refractivity contribution in [1.82, 2.24) is 14.5 Å². The lowest BCUT2D eigenvalue weighted by molar-refractivity contribution is -0.131. The predicted octanol–water partition coefficient (Wildman–Crippen LogP) is 4.77. The Morgan fingerprint density at radius 3 is 2.48 bits per heavy atom. The number of carbonyl (C=O) groups is 2. The lowest BCUT2D eigenvalue weighted by Gasteiger charge is -2.21. The monoisotopic (exact) mass is 446 g/mol. The number of amides is 2. The number of hydrogen-bond acceptors (Lipinski definition) is 3. The molecule has 0 aliphatic carbocycles. The molecule has 4 rings (SSSR count). The standard InChI is InChI=1S/C27H34N4O2/c1-4-7-10-20-13-15-22(16-14-20)30-18-21(17-25(30)32)27-28-23-11-8-9-12-24(23)31(27)19-26(33)29(5-2)6-3/h8-9,11-16,21H,4-7,10,17-19H2,1-3H3/t21-/m0/s1. The third kappa shape index (κ3) is 4.80. The summed E-state index contributed by atoms with van der Waals surface area (Å²) in [7, 11) is 0. The lowest BCUT2D eigenvalue weighted by Crippen LogP contribution is -2.34. The van der Waals surface area contributed by atoms with Crippen LogP contribution in [0.5, 0.6) is 0 Å². The Balaban J connectivity index is 1.60. The first kappa shape index (κ1) is 23.0. The topological polar surface area (TPSA) is 58.4 Å². The van der Waals surface area contributed by atoms with Crippen LogP contribution in [0.1, 0.15) is 57.3 Å². The molecule has 6 nitrogen and oxygen atoms in total. The molecule has 2 amide bonds. The predicted molar refractivity (Wildman–Crippen MR) is 132 cm³/mol. The average Bonchev–Trinajstić information content (AvgIpc) is 3.39. The quantitative estimate of drug-likeness (QED) is 0.476. The van der Waals surface area contributed by atoms with Gasteiger partial charge in [-0.15, -0.1) is 0 Å². The Morgan fingerprint density at radius 2 is 1.79 bits per heavy atom. The van der Waals surface area contributed by atoms with Crippen molar-refractivity contribution < 1.29 is 9.59 Å². The van der Waals surface area contributed by atoms with E-state index < -0.39 is 0 Å². The Kier molecular flexibility index (Phi) is 7.11. The number of anilines is 1. The van der Waals surface area contributed by atoms with E-state index in [-0.39, 0.29) is 24.3 Å². The maximum absolute atomic E-state index is 13.0. The number of benzene rings is 2. The van der Waals surface area contributed by atoms with Crippen molar-refractivity contribution in [3.05, 3.63) is 59.9 Å². The first-order chi connectivity index (χ1) is 16.0. The smallest absolute Gasteiger partial charge is 0.242 e. The van der Waals surface area contributed by atoms with Crippen LogP contribution in [0.25, 0.3) is 11.0 Å². The summed E-state index contributed by atoms with van der Waals surface area (Å²) in [6, 6.07) is 16.3. The van der Waals surface area contributed by atoms with Gasteiger partial charge in [0.1, 0.15) is 12.4 Å². The molecule has 0 bridgehead atoms. The Hall–Kier alpha value is -3.15. The van der Waals surface area contributed by atoms with Gasteiger partial charge in [-0.2, -0.15) is 0 Å². The molecule has 1 aliphatic rings. The summed E-state index contributed by atoms with van der Waals surface area (Å²) in [4.78, 5) is 34.5. The fourth-order valence-electron chi connectivity index (χ4n) is 4.74. The van der Waals surface area contributed by atoms with Gasteiger partial charge in [0.05, 0.1) is 11.0 Å². The molecular weight excluding hydrogens is 412 g/mol. The molecule has 6 heteroatoms. The van der Waals surface area contributed by atoms with Crippen LogP contribution in [0.2, 0.25) is 0 Å². The first-order valence-corrected chi connectivity index (χ1v) is 12.2. The fraction of sp³-hybridized carbons (Fsp3) is 0.444. The van der Waals surface area contributed by atoms with Gasteiger partial charge in [0, 0.05) is 37.7 Å². The number of rotatable bonds is 9. The molecule has 0 unspecified atom stereocenters. The highest BCUT2D eigenvalue weighted by molar-refractivity contribution is 5.96. The van der Waals surface area contributed by atoms with Gasteiger partial charge < -0.3 is 14.4 Å². The molecule has 0 spiro atoms. The highest BCUT2D eigenvalue weighted by Gasteiger charge is 2.35. The summed E-state index contributed by atoms with van der Waals surface area (Å²) >= 11 is 0. The molecule has 33 heavy (non-hydrogen) atoms. The maximum atomic E-state index is 13.0. The van der Waals surface area contributed by atoms with Crippen molar-refractivity contribution in [2.45, 2.75) is 58.9 Å². The lowest BCUT2D eigenvalue weighted by atomic mass is 10.1. The molecular formula is C27H34N4O2. The number of nitrogens with zero attached hydrogens (tertiary/aromatic N) is 4. The van der Waals surface area contributed by atoms with E-state index in [0.717, 1.165) is 29.0 Å². The minimum atomic E-state index is -0.0471. The zero-order chi connectivity index (χ0) is 23.4. The number of aryl methyl sites for hydroxylation is 1. The van der Waals surface area contributed by atoms with Gasteiger partial charge in [-0.05, 0) is 56.5 Å². The van der Waals surface area contributed by atoms with E-state index in [2.05, 4.69) is 31.2 Å². The van der Waals surface area contributed by atoms with E-state index in [4.69, 9.17) is 4.98 Å². The van der Waals surface area contributed by atoms with Crippen LogP contribution >= 0.6 is 0 Å². The second-order valence-corrected chi connectivity index (χ2v) is 8.79. The molecule has 1 atom stereocenters. The fourth-order valence-corrected chi connectivity index (χ4v) is 4.74. The van der Waals surface area contributed by atoms with Gasteiger partial charge in [0.15, 0.2) is 0 Å². The molecule has 0 saturated carbocycles. The molecule has 1 saturated heterocycles. The summed E-state index contributed by atoms with van der Waals surface area (Å²) in [6.45, 7) is 8.37. The molecule has 2 aromatic carbocycles. The van der Waals surface area contributed by atoms with E-state index in [1.54, 1.807) is 0 Å². The Bertz CT molecular complexity index is 1110. The van der Waals surface area contributed by atoms with Gasteiger partial charge in [0.2, 0.25) is 11.8 Å². The summed E-state index contributed by atoms with van der Waals surface area (Å²) in [5.74, 6) is 0.963. The van der Waals surface area contributed by atoms with E-state index in [1.165, 1.54) is 18.4 Å². The van der Waals surface area contributed by atoms with Crippen molar-refractivity contribution in [2.24, 2.45) is 0 Å². The minimum absolute atomic E-state index is 0.0471. The highest BCUT2D eigenvalue weighted by Crippen LogP contribution is 2.33. The van der Waals surface area contributed by atoms with Crippen LogP contribution in [0, 0.1) is 0 Å². The van der Waals surface area contributed by atoms with E-state index in [9.17, 15) is 9.59 Å². The highest BCUT2D eigenvalue weighted by atomic mass is 16.2. The molecule has 174 valence electrons. The Morgan fingerprint density at radius 1 is 1.06 bits per heavy atom. The van der Waals surface area contributed by atoms with E-state index >= 15 is 0 Å². The third-order valence-corrected chi connectivity index (χ3v) is 6.65. The number of hydrogen-bond donors (Lipinski definition) is 0. The second-order valence-electron chi connectivity index (χ2n) is 8.79. The van der Waals surface area contributed by atoms with E-state index in [1.807, 2.05) is 52.5 Å². The van der Waals surface area contributed by atoms with Crippen molar-refractivity contribution in [3.8, 4) is 0 Å². The van der Waals surface area contributed by atoms with Crippen molar-refractivity contribution in [3.63, 3.8) is 0 Å². The van der Waals surface area contributed by atoms with Crippen molar-refractivity contribution in [2.75, 3.05) is 24.5 Å². The summed E-state index contributed by atoms with van der Waals surface area (Å²) < 4.78 is 2.02. The van der Waals surface area contributed by atoms with Gasteiger partial charge in [0.25, 0.3) is 0 Å². The summed E-state index contributed by atoms with van der Waals surface area (Å²) in [5.41, 5.74) is 4.05. The molecule has 1 aromatic heterocycles. The zero-order valence-electron chi connectivity index (χ0n) is 20.0. The van der Waals surface area contributed by atoms with Crippen LogP contribution < -0.4 is 4.90 Å². The number of imidazole rings is 1. The molecule has 3 aromatic rings. The molecule has 1 fully saturated rings. The summed E-state index contributed by atoms with van der Waals surface area (Å²) in [6.07, 6.45) is 3.82. The zero-order valence-corrected chi connectivity index (χ0v) is 20.0. The third-order valence-electron chi connectivity index (χ3n) is 6.65. The number of carbonyl (C=O) groups excluding carboxylic acids is 2. The second kappa shape index (κ2) is 10.2. The molecule has 2 heterocycles. The van der Waals surface area contributed by atoms with Gasteiger partial charge in [-0.1, -0.05) is 37.6 Å². The van der Waals surface area contributed by atoms with Crippen LogP contribution in [0.3, 0.4) is 0 Å². The van der Waals surface area contributed by atoms with Crippen LogP contribution in [0.4, 0.5) is 5.69 Å². The van der Waals surface area contributed by atoms with Gasteiger partial charge in [-0.25, -0.2) is 4.98 Å². The summed E-state index contributed by atoms with van der Waals surface area (Å²) in [5, 5.41) is 0. The number of likely N-dealkylation sites (N-methyl/N-ethyl adjacent to an activating group) is 1. The minimum Gasteiger partial charge on any atom is -0.342 e. The first-order valence-electron chi connectivity index (χ1n) is 12.2. The van der Waals surface area contributed by atoms with Crippen LogP contribution in [-0.4, -0.2) is 45.9 Å². The van der Waals surface area contributed by atoms with E-state index in [0.29, 0.717) is 26.1 Å². The average molecular weight is 447 g/mol. The molecule has 0 N–H and O–H groups in total. The maximum Gasteiger partial charge on any atom is 0.242 e. The SMILES string of the molecule is CCCCc1ccc(N2C[C@@H](c3nc4ccccc4n3CC(=O)N(CC)CC)CC2=O)cc1. The number of aromatic nitrogens is 2. The normalized spacial score (nSPS) is 16.0. The van der Waals surface area contributed by atoms with Gasteiger partial charge >= 0.3 is 0 Å². The Labute approximate surface area is 196 Å². The van der Waals surface area contributed by atoms with Crippen molar-refractivity contribution in [1.29, 1.82) is 0 Å². The van der Waals surface area contributed by atoms with Gasteiger partial charge in [-0.3, -0.25) is 9.59 Å². The molecule has 0 radical (unpaired) electrons. The number of fused-ring (bicyclic) bond motifs is 1. The number of unbranched alkanes of at least 4 members (excludes halogenated alkanes) is 1. The molecule has 1 aliphatic heterocycles.